The third kappa shape index (κ3) is 3.03. The van der Waals surface area contributed by atoms with Crippen LogP contribution in [0.4, 0.5) is 0 Å². The highest BCUT2D eigenvalue weighted by molar-refractivity contribution is 5.83. The number of piperazine rings is 1. The molecule has 118 valence electrons. The molecule has 0 radical (unpaired) electrons. The van der Waals surface area contributed by atoms with Gasteiger partial charge in [-0.05, 0) is 29.7 Å². The van der Waals surface area contributed by atoms with Crippen LogP contribution in [0.5, 0.6) is 0 Å². The molecule has 1 aliphatic heterocycles. The van der Waals surface area contributed by atoms with Crippen molar-refractivity contribution < 1.29 is 0 Å². The van der Waals surface area contributed by atoms with Gasteiger partial charge in [-0.1, -0.05) is 42.5 Å². The molecule has 0 saturated carbocycles. The van der Waals surface area contributed by atoms with E-state index in [0.717, 1.165) is 32.6 Å². The Balaban J connectivity index is 1.73. The third-order valence-corrected chi connectivity index (χ3v) is 4.85. The number of benzene rings is 2. The van der Waals surface area contributed by atoms with Crippen LogP contribution < -0.4 is 5.32 Å². The van der Waals surface area contributed by atoms with Crippen molar-refractivity contribution in [2.45, 2.75) is 12.5 Å². The first kappa shape index (κ1) is 14.5. The lowest BCUT2D eigenvalue weighted by Gasteiger charge is -2.35. The van der Waals surface area contributed by atoms with Gasteiger partial charge < -0.3 is 10.3 Å². The first-order valence-corrected chi connectivity index (χ1v) is 8.46. The lowest BCUT2D eigenvalue weighted by Crippen LogP contribution is -2.45. The summed E-state index contributed by atoms with van der Waals surface area (Å²) in [5.74, 6) is 0. The van der Waals surface area contributed by atoms with Crippen LogP contribution in [0.3, 0.4) is 0 Å². The van der Waals surface area contributed by atoms with Crippen LogP contribution in [0.25, 0.3) is 10.9 Å². The van der Waals surface area contributed by atoms with E-state index in [0.29, 0.717) is 6.04 Å². The molecule has 1 aromatic heterocycles. The van der Waals surface area contributed by atoms with Gasteiger partial charge in [-0.15, -0.1) is 0 Å². The monoisotopic (exact) mass is 305 g/mol. The summed E-state index contributed by atoms with van der Waals surface area (Å²) in [4.78, 5) is 5.98. The van der Waals surface area contributed by atoms with Crippen molar-refractivity contribution in [1.29, 1.82) is 0 Å². The molecule has 1 saturated heterocycles. The molecule has 0 aliphatic carbocycles. The molecule has 1 aliphatic rings. The Morgan fingerprint density at radius 2 is 1.74 bits per heavy atom. The number of H-pyrrole nitrogens is 1. The third-order valence-electron chi connectivity index (χ3n) is 4.85. The van der Waals surface area contributed by atoms with Gasteiger partial charge >= 0.3 is 0 Å². The number of nitrogens with one attached hydrogen (secondary N) is 2. The van der Waals surface area contributed by atoms with Crippen molar-refractivity contribution in [3.8, 4) is 0 Å². The maximum Gasteiger partial charge on any atom is 0.0457 e. The smallest absolute Gasteiger partial charge is 0.0457 e. The molecule has 23 heavy (non-hydrogen) atoms. The van der Waals surface area contributed by atoms with Gasteiger partial charge in [0.15, 0.2) is 0 Å². The summed E-state index contributed by atoms with van der Waals surface area (Å²) in [6.07, 6.45) is 3.11. The van der Waals surface area contributed by atoms with E-state index in [9.17, 15) is 0 Å². The Hall–Kier alpha value is -2.10. The van der Waals surface area contributed by atoms with Crippen molar-refractivity contribution in [3.05, 3.63) is 71.9 Å². The predicted molar refractivity (Wildman–Crippen MR) is 95.6 cm³/mol. The highest BCUT2D eigenvalue weighted by atomic mass is 15.2. The van der Waals surface area contributed by atoms with E-state index in [1.54, 1.807) is 0 Å². The van der Waals surface area contributed by atoms with E-state index >= 15 is 0 Å². The molecular weight excluding hydrogens is 282 g/mol. The van der Waals surface area contributed by atoms with Crippen LogP contribution in [0.1, 0.15) is 17.2 Å². The zero-order valence-corrected chi connectivity index (χ0v) is 13.3. The summed E-state index contributed by atoms with van der Waals surface area (Å²) < 4.78 is 0. The summed E-state index contributed by atoms with van der Waals surface area (Å²) in [7, 11) is 0. The quantitative estimate of drug-likeness (QED) is 0.774. The number of rotatable bonds is 4. The first-order chi connectivity index (χ1) is 11.4. The van der Waals surface area contributed by atoms with E-state index in [2.05, 4.69) is 69.8 Å². The molecule has 2 N–H and O–H groups in total. The molecule has 0 amide bonds. The molecule has 1 atom stereocenters. The maximum atomic E-state index is 3.47. The minimum atomic E-state index is 0.430. The summed E-state index contributed by atoms with van der Waals surface area (Å²) in [6.45, 7) is 4.37. The SMILES string of the molecule is c1ccc(CC(c2cccc3[nH]ccc23)N2CCNCC2)cc1. The van der Waals surface area contributed by atoms with Crippen LogP contribution in [0.2, 0.25) is 0 Å². The minimum Gasteiger partial charge on any atom is -0.361 e. The molecule has 1 fully saturated rings. The average Bonchev–Trinajstić information content (AvgIpc) is 3.10. The Kier molecular flexibility index (Phi) is 4.14. The number of fused-ring (bicyclic) bond motifs is 1. The van der Waals surface area contributed by atoms with Crippen LogP contribution >= 0.6 is 0 Å². The number of nitrogens with zero attached hydrogens (tertiary/aromatic N) is 1. The van der Waals surface area contributed by atoms with Crippen LogP contribution in [0, 0.1) is 0 Å². The Bertz CT molecular complexity index is 757. The number of hydrogen-bond donors (Lipinski definition) is 2. The molecule has 1 unspecified atom stereocenters. The van der Waals surface area contributed by atoms with Gasteiger partial charge in [0.2, 0.25) is 0 Å². The van der Waals surface area contributed by atoms with Crippen molar-refractivity contribution in [3.63, 3.8) is 0 Å². The van der Waals surface area contributed by atoms with Gasteiger partial charge in [0, 0.05) is 49.3 Å². The molecule has 0 spiro atoms. The normalized spacial score (nSPS) is 17.4. The summed E-state index contributed by atoms with van der Waals surface area (Å²) in [6, 6.07) is 20.1. The fourth-order valence-corrected chi connectivity index (χ4v) is 3.67. The van der Waals surface area contributed by atoms with Gasteiger partial charge in [0.25, 0.3) is 0 Å². The van der Waals surface area contributed by atoms with E-state index < -0.39 is 0 Å². The highest BCUT2D eigenvalue weighted by Gasteiger charge is 2.24. The van der Waals surface area contributed by atoms with Crippen LogP contribution in [0.15, 0.2) is 60.8 Å². The maximum absolute atomic E-state index is 3.47. The second kappa shape index (κ2) is 6.57. The number of hydrogen-bond acceptors (Lipinski definition) is 2. The van der Waals surface area contributed by atoms with Gasteiger partial charge in [-0.25, -0.2) is 0 Å². The molecule has 3 aromatic rings. The van der Waals surface area contributed by atoms with Gasteiger partial charge in [-0.3, -0.25) is 4.90 Å². The molecule has 3 heteroatoms. The lowest BCUT2D eigenvalue weighted by atomic mass is 9.94. The summed E-state index contributed by atoms with van der Waals surface area (Å²) >= 11 is 0. The molecule has 2 aromatic carbocycles. The molecule has 2 heterocycles. The molecule has 0 bridgehead atoms. The predicted octanol–water partition coefficient (Wildman–Crippen LogP) is 3.36. The van der Waals surface area contributed by atoms with E-state index in [4.69, 9.17) is 0 Å². The summed E-state index contributed by atoms with van der Waals surface area (Å²) in [5, 5.41) is 4.82. The largest absolute Gasteiger partial charge is 0.361 e. The Morgan fingerprint density at radius 3 is 2.57 bits per heavy atom. The van der Waals surface area contributed by atoms with E-state index in [1.807, 2.05) is 6.20 Å². The first-order valence-electron chi connectivity index (χ1n) is 8.46. The fraction of sp³-hybridized carbons (Fsp3) is 0.300. The second-order valence-electron chi connectivity index (χ2n) is 6.28. The zero-order chi connectivity index (χ0) is 15.5. The second-order valence-corrected chi connectivity index (χ2v) is 6.28. The lowest BCUT2D eigenvalue weighted by molar-refractivity contribution is 0.173. The number of aromatic amines is 1. The highest BCUT2D eigenvalue weighted by Crippen LogP contribution is 2.31. The Morgan fingerprint density at radius 1 is 0.913 bits per heavy atom. The van der Waals surface area contributed by atoms with Crippen LogP contribution in [-0.4, -0.2) is 36.1 Å². The van der Waals surface area contributed by atoms with Gasteiger partial charge in [0.05, 0.1) is 0 Å². The van der Waals surface area contributed by atoms with Gasteiger partial charge in [0.1, 0.15) is 0 Å². The topological polar surface area (TPSA) is 31.1 Å². The van der Waals surface area contributed by atoms with Crippen molar-refractivity contribution in [1.82, 2.24) is 15.2 Å². The molecule has 3 nitrogen and oxygen atoms in total. The number of aromatic nitrogens is 1. The minimum absolute atomic E-state index is 0.430. The Labute approximate surface area is 137 Å². The van der Waals surface area contributed by atoms with Crippen molar-refractivity contribution >= 4 is 10.9 Å². The van der Waals surface area contributed by atoms with E-state index in [-0.39, 0.29) is 0 Å². The standard InChI is InChI=1S/C20H23N3/c1-2-5-16(6-3-1)15-20(23-13-11-21-12-14-23)18-7-4-8-19-17(18)9-10-22-19/h1-10,20-22H,11-15H2. The summed E-state index contributed by atoms with van der Waals surface area (Å²) in [5.41, 5.74) is 4.08. The molecular formula is C20H23N3. The van der Waals surface area contributed by atoms with Crippen molar-refractivity contribution in [2.24, 2.45) is 0 Å². The fourth-order valence-electron chi connectivity index (χ4n) is 3.67. The van der Waals surface area contributed by atoms with Gasteiger partial charge in [-0.2, -0.15) is 0 Å². The molecule has 4 rings (SSSR count). The average molecular weight is 305 g/mol. The van der Waals surface area contributed by atoms with Crippen LogP contribution in [-0.2, 0) is 6.42 Å². The van der Waals surface area contributed by atoms with E-state index in [1.165, 1.54) is 22.0 Å². The van der Waals surface area contributed by atoms with Crippen molar-refractivity contribution in [2.75, 3.05) is 26.2 Å². The zero-order valence-electron chi connectivity index (χ0n) is 13.3.